The van der Waals surface area contributed by atoms with Gasteiger partial charge in [0.25, 0.3) is 0 Å². The predicted molar refractivity (Wildman–Crippen MR) is 122 cm³/mol. The fraction of sp³-hybridized carbons (Fsp3) is 0.0455. The van der Waals surface area contributed by atoms with Crippen molar-refractivity contribution in [2.24, 2.45) is 0 Å². The van der Waals surface area contributed by atoms with Crippen molar-refractivity contribution in [2.75, 3.05) is 15.9 Å². The van der Waals surface area contributed by atoms with Crippen molar-refractivity contribution in [3.63, 3.8) is 0 Å². The minimum atomic E-state index is -3.36. The van der Waals surface area contributed by atoms with Crippen molar-refractivity contribution in [1.82, 2.24) is 20.2 Å². The number of rotatable bonds is 5. The molecule has 0 aliphatic rings. The van der Waals surface area contributed by atoms with E-state index in [9.17, 15) is 8.42 Å². The molecule has 31 heavy (non-hydrogen) atoms. The van der Waals surface area contributed by atoms with Gasteiger partial charge in [0.15, 0.2) is 5.65 Å². The molecule has 0 amide bonds. The monoisotopic (exact) mass is 430 g/mol. The summed E-state index contributed by atoms with van der Waals surface area (Å²) in [4.78, 5) is 11.1. The molecule has 0 saturated heterocycles. The van der Waals surface area contributed by atoms with Gasteiger partial charge in [0, 0.05) is 23.3 Å². The Morgan fingerprint density at radius 1 is 0.871 bits per heavy atom. The lowest BCUT2D eigenvalue weighted by molar-refractivity contribution is 0.607. The summed E-state index contributed by atoms with van der Waals surface area (Å²) in [6.45, 7) is 0. The van der Waals surface area contributed by atoms with Crippen molar-refractivity contribution in [3.8, 4) is 0 Å². The number of hydrogen-bond donors (Lipinski definition) is 2. The molecule has 8 nitrogen and oxygen atoms in total. The summed E-state index contributed by atoms with van der Waals surface area (Å²) in [6, 6.07) is 21.3. The molecule has 2 aromatic heterocycles. The summed E-state index contributed by atoms with van der Waals surface area (Å²) >= 11 is 0. The number of hydrogen-bond acceptors (Lipinski definition) is 6. The van der Waals surface area contributed by atoms with Gasteiger partial charge >= 0.3 is 0 Å². The number of nitrogens with zero attached hydrogens (tertiary/aromatic N) is 4. The van der Waals surface area contributed by atoms with E-state index in [1.807, 2.05) is 41.3 Å². The predicted octanol–water partition coefficient (Wildman–Crippen LogP) is 4.35. The molecule has 0 aliphatic carbocycles. The van der Waals surface area contributed by atoms with Crippen LogP contribution in [0, 0.1) is 0 Å². The van der Waals surface area contributed by atoms with E-state index in [0.717, 1.165) is 33.8 Å². The van der Waals surface area contributed by atoms with Crippen molar-refractivity contribution < 1.29 is 8.42 Å². The van der Waals surface area contributed by atoms with Crippen LogP contribution >= 0.6 is 0 Å². The SMILES string of the molecule is CS(=O)(=O)Nc1ccc(N(c2ccc3ccccc3c2)c2ncc3cn[nH]c3n2)cc1. The number of fused-ring (bicyclic) bond motifs is 2. The number of benzene rings is 3. The molecule has 0 atom stereocenters. The van der Waals surface area contributed by atoms with Crippen LogP contribution in [0.3, 0.4) is 0 Å². The van der Waals surface area contributed by atoms with Crippen LogP contribution in [0.1, 0.15) is 0 Å². The molecule has 5 aromatic rings. The second-order valence-electron chi connectivity index (χ2n) is 7.13. The third-order valence-electron chi connectivity index (χ3n) is 4.80. The summed E-state index contributed by atoms with van der Waals surface area (Å²) in [7, 11) is -3.36. The van der Waals surface area contributed by atoms with E-state index in [-0.39, 0.29) is 0 Å². The molecule has 0 unspecified atom stereocenters. The molecule has 2 N–H and O–H groups in total. The fourth-order valence-corrected chi connectivity index (χ4v) is 3.99. The molecular formula is C22H18N6O2S. The first-order chi connectivity index (χ1) is 15.0. The van der Waals surface area contributed by atoms with Crippen LogP contribution in [0.25, 0.3) is 21.8 Å². The lowest BCUT2D eigenvalue weighted by Gasteiger charge is -2.23. The van der Waals surface area contributed by atoms with Gasteiger partial charge in [-0.25, -0.2) is 13.4 Å². The summed E-state index contributed by atoms with van der Waals surface area (Å²) < 4.78 is 25.6. The highest BCUT2D eigenvalue weighted by atomic mass is 32.2. The van der Waals surface area contributed by atoms with Gasteiger partial charge < -0.3 is 0 Å². The maximum atomic E-state index is 11.5. The number of aromatic nitrogens is 4. The Morgan fingerprint density at radius 2 is 1.61 bits per heavy atom. The van der Waals surface area contributed by atoms with Gasteiger partial charge in [-0.3, -0.25) is 14.7 Å². The normalized spacial score (nSPS) is 11.6. The number of H-pyrrole nitrogens is 1. The maximum absolute atomic E-state index is 11.5. The zero-order valence-corrected chi connectivity index (χ0v) is 17.3. The van der Waals surface area contributed by atoms with E-state index in [2.05, 4.69) is 43.1 Å². The van der Waals surface area contributed by atoms with E-state index in [0.29, 0.717) is 17.3 Å². The zero-order chi connectivity index (χ0) is 21.4. The van der Waals surface area contributed by atoms with Crippen LogP contribution in [0.2, 0.25) is 0 Å². The van der Waals surface area contributed by atoms with Crippen molar-refractivity contribution >= 4 is 54.8 Å². The van der Waals surface area contributed by atoms with Gasteiger partial charge in [0.05, 0.1) is 17.8 Å². The molecular weight excluding hydrogens is 412 g/mol. The first-order valence-electron chi connectivity index (χ1n) is 9.49. The Kier molecular flexibility index (Phi) is 4.52. The van der Waals surface area contributed by atoms with E-state index in [1.54, 1.807) is 24.5 Å². The van der Waals surface area contributed by atoms with Gasteiger partial charge in [0.1, 0.15) is 0 Å². The maximum Gasteiger partial charge on any atom is 0.236 e. The zero-order valence-electron chi connectivity index (χ0n) is 16.5. The molecule has 0 bridgehead atoms. The highest BCUT2D eigenvalue weighted by Crippen LogP contribution is 2.35. The van der Waals surface area contributed by atoms with Crippen molar-refractivity contribution in [1.29, 1.82) is 0 Å². The molecule has 0 spiro atoms. The van der Waals surface area contributed by atoms with Gasteiger partial charge in [0.2, 0.25) is 16.0 Å². The lowest BCUT2D eigenvalue weighted by Crippen LogP contribution is -2.14. The topological polar surface area (TPSA) is 104 Å². The van der Waals surface area contributed by atoms with Crippen LogP contribution in [0.15, 0.2) is 79.1 Å². The van der Waals surface area contributed by atoms with Crippen LogP contribution < -0.4 is 9.62 Å². The highest BCUT2D eigenvalue weighted by molar-refractivity contribution is 7.92. The van der Waals surface area contributed by atoms with Crippen LogP contribution in [-0.2, 0) is 10.0 Å². The third-order valence-corrected chi connectivity index (χ3v) is 5.40. The summed E-state index contributed by atoms with van der Waals surface area (Å²) in [5, 5.41) is 9.93. The molecule has 5 rings (SSSR count). The average molecular weight is 430 g/mol. The molecule has 9 heteroatoms. The Hall–Kier alpha value is -3.98. The van der Waals surface area contributed by atoms with Crippen LogP contribution in [-0.4, -0.2) is 34.8 Å². The second kappa shape index (κ2) is 7.37. The Labute approximate surface area is 178 Å². The summed E-state index contributed by atoms with van der Waals surface area (Å²) in [6.07, 6.45) is 4.51. The Bertz CT molecular complexity index is 1500. The third kappa shape index (κ3) is 3.90. The Balaban J connectivity index is 1.64. The minimum absolute atomic E-state index is 0.468. The van der Waals surface area contributed by atoms with Gasteiger partial charge in [-0.15, -0.1) is 0 Å². The molecule has 0 aliphatic heterocycles. The van der Waals surface area contributed by atoms with Gasteiger partial charge in [-0.1, -0.05) is 30.3 Å². The smallest absolute Gasteiger partial charge is 0.236 e. The van der Waals surface area contributed by atoms with Gasteiger partial charge in [-0.05, 0) is 47.2 Å². The van der Waals surface area contributed by atoms with Crippen LogP contribution in [0.5, 0.6) is 0 Å². The first-order valence-corrected chi connectivity index (χ1v) is 11.4. The minimum Gasteiger partial charge on any atom is -0.284 e. The molecule has 0 radical (unpaired) electrons. The summed E-state index contributed by atoms with van der Waals surface area (Å²) in [5.41, 5.74) is 2.77. The van der Waals surface area contributed by atoms with E-state index in [1.165, 1.54) is 0 Å². The Morgan fingerprint density at radius 3 is 2.39 bits per heavy atom. The summed E-state index contributed by atoms with van der Waals surface area (Å²) in [5.74, 6) is 0.468. The quantitative estimate of drug-likeness (QED) is 0.430. The number of sulfonamides is 1. The number of anilines is 4. The van der Waals surface area contributed by atoms with Gasteiger partial charge in [-0.2, -0.15) is 10.1 Å². The molecule has 3 aromatic carbocycles. The van der Waals surface area contributed by atoms with Crippen molar-refractivity contribution in [2.45, 2.75) is 0 Å². The lowest BCUT2D eigenvalue weighted by atomic mass is 10.1. The molecule has 2 heterocycles. The average Bonchev–Trinajstić information content (AvgIpc) is 3.22. The number of aromatic amines is 1. The van der Waals surface area contributed by atoms with Crippen LogP contribution in [0.4, 0.5) is 23.0 Å². The standard InChI is InChI=1S/C22H18N6O2S/c1-31(29,30)27-18-7-10-19(11-8-18)28(22-23-13-17-14-24-26-21(17)25-22)20-9-6-15-4-2-3-5-16(15)12-20/h2-14,27H,1H3,(H,23,24,25,26). The molecule has 154 valence electrons. The highest BCUT2D eigenvalue weighted by Gasteiger charge is 2.17. The van der Waals surface area contributed by atoms with Crippen molar-refractivity contribution in [3.05, 3.63) is 79.1 Å². The number of nitrogens with one attached hydrogen (secondary N) is 2. The first kappa shape index (κ1) is 19.0. The molecule has 0 fully saturated rings. The van der Waals surface area contributed by atoms with E-state index >= 15 is 0 Å². The van der Waals surface area contributed by atoms with E-state index in [4.69, 9.17) is 0 Å². The van der Waals surface area contributed by atoms with E-state index < -0.39 is 10.0 Å². The largest absolute Gasteiger partial charge is 0.284 e. The second-order valence-corrected chi connectivity index (χ2v) is 8.88. The fourth-order valence-electron chi connectivity index (χ4n) is 3.42. The molecule has 0 saturated carbocycles.